The monoisotopic (exact) mass is 312 g/mol. The molecule has 4 N–H and O–H groups in total. The zero-order valence-electron chi connectivity index (χ0n) is 13.4. The van der Waals surface area contributed by atoms with Crippen molar-refractivity contribution in [3.63, 3.8) is 0 Å². The molecule has 0 aromatic heterocycles. The fraction of sp³-hybridized carbons (Fsp3) is 0.176. The zero-order valence-corrected chi connectivity index (χ0v) is 13.4. The lowest BCUT2D eigenvalue weighted by molar-refractivity contribution is 0.254. The van der Waals surface area contributed by atoms with E-state index in [2.05, 4.69) is 21.3 Å². The Labute approximate surface area is 135 Å². The maximum Gasteiger partial charge on any atom is 0.323 e. The number of nitrogens with one attached hydrogen (secondary N) is 4. The van der Waals surface area contributed by atoms with Gasteiger partial charge in [-0.2, -0.15) is 0 Å². The van der Waals surface area contributed by atoms with Crippen LogP contribution >= 0.6 is 0 Å². The van der Waals surface area contributed by atoms with Crippen LogP contribution in [0.5, 0.6) is 0 Å². The summed E-state index contributed by atoms with van der Waals surface area (Å²) >= 11 is 0. The highest BCUT2D eigenvalue weighted by Gasteiger charge is 2.06. The molecule has 0 saturated carbocycles. The molecule has 0 fully saturated rings. The van der Waals surface area contributed by atoms with Crippen molar-refractivity contribution in [2.45, 2.75) is 13.8 Å². The molecule has 0 bridgehead atoms. The van der Waals surface area contributed by atoms with E-state index in [1.807, 2.05) is 32.0 Å². The number of aryl methyl sites for hydroxylation is 1. The molecule has 0 aliphatic carbocycles. The highest BCUT2D eigenvalue weighted by atomic mass is 16.2. The van der Waals surface area contributed by atoms with Crippen LogP contribution in [0.15, 0.2) is 42.5 Å². The topological polar surface area (TPSA) is 82.3 Å². The molecule has 0 radical (unpaired) electrons. The molecule has 120 valence electrons. The summed E-state index contributed by atoms with van der Waals surface area (Å²) in [5, 5.41) is 10.7. The molecular formula is C17H20N4O2. The molecule has 0 saturated heterocycles. The van der Waals surface area contributed by atoms with Crippen LogP contribution < -0.4 is 21.3 Å². The van der Waals surface area contributed by atoms with Gasteiger partial charge in [0.05, 0.1) is 0 Å². The summed E-state index contributed by atoms with van der Waals surface area (Å²) in [6.07, 6.45) is 0. The van der Waals surface area contributed by atoms with Crippen molar-refractivity contribution >= 4 is 29.1 Å². The van der Waals surface area contributed by atoms with Crippen molar-refractivity contribution in [2.75, 3.05) is 23.0 Å². The number of urea groups is 2. The number of carbonyl (C=O) groups excluding carboxylic acids is 2. The first-order chi connectivity index (χ1) is 11.0. The van der Waals surface area contributed by atoms with E-state index in [4.69, 9.17) is 0 Å². The number of anilines is 3. The van der Waals surface area contributed by atoms with E-state index in [9.17, 15) is 9.59 Å². The second kappa shape index (κ2) is 7.31. The maximum absolute atomic E-state index is 12.1. The minimum atomic E-state index is -0.314. The largest absolute Gasteiger partial charge is 0.341 e. The quantitative estimate of drug-likeness (QED) is 0.697. The van der Waals surface area contributed by atoms with Gasteiger partial charge in [-0.05, 0) is 55.3 Å². The van der Waals surface area contributed by atoms with Gasteiger partial charge in [0.2, 0.25) is 0 Å². The molecule has 2 aromatic rings. The van der Waals surface area contributed by atoms with Crippen LogP contribution in [0.1, 0.15) is 11.1 Å². The van der Waals surface area contributed by atoms with Crippen LogP contribution in [-0.2, 0) is 0 Å². The summed E-state index contributed by atoms with van der Waals surface area (Å²) < 4.78 is 0. The van der Waals surface area contributed by atoms with Gasteiger partial charge in [0, 0.05) is 24.1 Å². The number of rotatable bonds is 3. The van der Waals surface area contributed by atoms with E-state index in [1.165, 1.54) is 0 Å². The van der Waals surface area contributed by atoms with Crippen molar-refractivity contribution in [1.82, 2.24) is 5.32 Å². The minimum Gasteiger partial charge on any atom is -0.341 e. The third-order valence-corrected chi connectivity index (χ3v) is 3.48. The van der Waals surface area contributed by atoms with Crippen molar-refractivity contribution in [1.29, 1.82) is 0 Å². The van der Waals surface area contributed by atoms with Crippen molar-refractivity contribution in [2.24, 2.45) is 0 Å². The molecule has 2 rings (SSSR count). The first-order valence-electron chi connectivity index (χ1n) is 7.22. The fourth-order valence-corrected chi connectivity index (χ4v) is 2.00. The highest BCUT2D eigenvalue weighted by molar-refractivity contribution is 6.00. The van der Waals surface area contributed by atoms with E-state index in [-0.39, 0.29) is 12.1 Å². The minimum absolute atomic E-state index is 0.293. The Bertz CT molecular complexity index is 711. The summed E-state index contributed by atoms with van der Waals surface area (Å²) in [7, 11) is 1.54. The molecule has 6 nitrogen and oxygen atoms in total. The second-order valence-corrected chi connectivity index (χ2v) is 5.11. The van der Waals surface area contributed by atoms with Crippen molar-refractivity contribution in [3.8, 4) is 0 Å². The Balaban J connectivity index is 1.97. The van der Waals surface area contributed by atoms with Gasteiger partial charge in [0.15, 0.2) is 0 Å². The van der Waals surface area contributed by atoms with Gasteiger partial charge in [-0.25, -0.2) is 9.59 Å². The number of benzene rings is 2. The maximum atomic E-state index is 12.1. The lowest BCUT2D eigenvalue weighted by Crippen LogP contribution is -2.24. The van der Waals surface area contributed by atoms with E-state index in [0.29, 0.717) is 11.4 Å². The van der Waals surface area contributed by atoms with E-state index in [0.717, 1.165) is 16.8 Å². The van der Waals surface area contributed by atoms with Gasteiger partial charge in [-0.15, -0.1) is 0 Å². The summed E-state index contributed by atoms with van der Waals surface area (Å²) in [5.74, 6) is 0. The molecule has 0 aliphatic rings. The van der Waals surface area contributed by atoms with Crippen LogP contribution in [0, 0.1) is 13.8 Å². The Hall–Kier alpha value is -3.02. The molecule has 0 aliphatic heterocycles. The SMILES string of the molecule is CNC(=O)Nc1ccc(NC(=O)Nc2cccc(C)c2C)cc1. The van der Waals surface area contributed by atoms with Gasteiger partial charge in [-0.3, -0.25) is 0 Å². The van der Waals surface area contributed by atoms with Crippen molar-refractivity contribution < 1.29 is 9.59 Å². The van der Waals surface area contributed by atoms with Gasteiger partial charge in [-0.1, -0.05) is 12.1 Å². The Morgan fingerprint density at radius 2 is 1.35 bits per heavy atom. The number of hydrogen-bond donors (Lipinski definition) is 4. The predicted octanol–water partition coefficient (Wildman–Crippen LogP) is 3.70. The number of carbonyl (C=O) groups is 2. The molecule has 6 heteroatoms. The van der Waals surface area contributed by atoms with Crippen LogP contribution in [0.2, 0.25) is 0 Å². The van der Waals surface area contributed by atoms with Gasteiger partial charge in [0.1, 0.15) is 0 Å². The predicted molar refractivity (Wildman–Crippen MR) is 93.1 cm³/mol. The number of amides is 4. The van der Waals surface area contributed by atoms with Crippen LogP contribution in [0.4, 0.5) is 26.7 Å². The first-order valence-corrected chi connectivity index (χ1v) is 7.22. The van der Waals surface area contributed by atoms with E-state index in [1.54, 1.807) is 31.3 Å². The average Bonchev–Trinajstić information content (AvgIpc) is 2.53. The molecule has 2 aromatic carbocycles. The standard InChI is InChI=1S/C17H20N4O2/c1-11-5-4-6-15(12(11)2)21-17(23)20-14-9-7-13(8-10-14)19-16(22)18-3/h4-10H,1-3H3,(H2,18,19,22)(H2,20,21,23). The van der Waals surface area contributed by atoms with Crippen LogP contribution in [0.25, 0.3) is 0 Å². The summed E-state index contributed by atoms with van der Waals surface area (Å²) in [6, 6.07) is 12.0. The Kier molecular flexibility index (Phi) is 5.19. The van der Waals surface area contributed by atoms with Crippen molar-refractivity contribution in [3.05, 3.63) is 53.6 Å². The molecule has 0 atom stereocenters. The summed E-state index contributed by atoms with van der Waals surface area (Å²) in [5.41, 5.74) is 4.21. The lowest BCUT2D eigenvalue weighted by atomic mass is 10.1. The van der Waals surface area contributed by atoms with Crippen LogP contribution in [-0.4, -0.2) is 19.1 Å². The normalized spacial score (nSPS) is 9.87. The molecule has 4 amide bonds. The molecule has 0 heterocycles. The third-order valence-electron chi connectivity index (χ3n) is 3.48. The third kappa shape index (κ3) is 4.47. The Morgan fingerprint density at radius 1 is 0.783 bits per heavy atom. The highest BCUT2D eigenvalue weighted by Crippen LogP contribution is 2.19. The first kappa shape index (κ1) is 16.4. The summed E-state index contributed by atoms with van der Waals surface area (Å²) in [6.45, 7) is 3.96. The lowest BCUT2D eigenvalue weighted by Gasteiger charge is -2.12. The summed E-state index contributed by atoms with van der Waals surface area (Å²) in [4.78, 5) is 23.3. The zero-order chi connectivity index (χ0) is 16.8. The van der Waals surface area contributed by atoms with Gasteiger partial charge >= 0.3 is 12.1 Å². The molecule has 23 heavy (non-hydrogen) atoms. The molecule has 0 unspecified atom stereocenters. The van der Waals surface area contributed by atoms with Gasteiger partial charge < -0.3 is 21.3 Å². The average molecular weight is 312 g/mol. The Morgan fingerprint density at radius 3 is 1.91 bits per heavy atom. The number of hydrogen-bond acceptors (Lipinski definition) is 2. The molecular weight excluding hydrogens is 292 g/mol. The smallest absolute Gasteiger partial charge is 0.323 e. The van der Waals surface area contributed by atoms with Gasteiger partial charge in [0.25, 0.3) is 0 Å². The van der Waals surface area contributed by atoms with E-state index >= 15 is 0 Å². The van der Waals surface area contributed by atoms with Crippen LogP contribution in [0.3, 0.4) is 0 Å². The second-order valence-electron chi connectivity index (χ2n) is 5.11. The molecule has 0 spiro atoms. The fourth-order valence-electron chi connectivity index (χ4n) is 2.00. The van der Waals surface area contributed by atoms with E-state index < -0.39 is 0 Å².